The van der Waals surface area contributed by atoms with E-state index in [0.29, 0.717) is 5.69 Å². The fraction of sp³-hybridized carbons (Fsp3) is 0.455. The first-order valence-electron chi connectivity index (χ1n) is 10.0. The third-order valence-corrected chi connectivity index (χ3v) is 5.15. The Balaban J connectivity index is 1.88. The average Bonchev–Trinajstić information content (AvgIpc) is 3.10. The summed E-state index contributed by atoms with van der Waals surface area (Å²) in [6.07, 6.45) is 7.90. The minimum absolute atomic E-state index is 0.0391. The summed E-state index contributed by atoms with van der Waals surface area (Å²) in [6, 6.07) is 11.3. The molecule has 0 aliphatic rings. The van der Waals surface area contributed by atoms with E-state index in [0.717, 1.165) is 42.3 Å². The van der Waals surface area contributed by atoms with Crippen LogP contribution in [-0.4, -0.2) is 25.2 Å². The topological polar surface area (TPSA) is 71.2 Å². The van der Waals surface area contributed by atoms with Gasteiger partial charge in [-0.05, 0) is 37.0 Å². The molecule has 1 unspecified atom stereocenters. The highest BCUT2D eigenvalue weighted by Gasteiger charge is 2.21. The molecular weight excluding hydrogens is 338 g/mol. The van der Waals surface area contributed by atoms with Gasteiger partial charge in [0.05, 0.1) is 0 Å². The lowest BCUT2D eigenvalue weighted by atomic mass is 9.88. The van der Waals surface area contributed by atoms with E-state index in [1.165, 1.54) is 24.1 Å². The fourth-order valence-corrected chi connectivity index (χ4v) is 3.66. The van der Waals surface area contributed by atoms with Gasteiger partial charge in [0.2, 0.25) is 0 Å². The number of phenolic OH excluding ortho intramolecular Hbond substituents is 2. The summed E-state index contributed by atoms with van der Waals surface area (Å²) in [5.74, 6) is 0.0710. The van der Waals surface area contributed by atoms with Crippen molar-refractivity contribution in [3.05, 3.63) is 42.0 Å². The summed E-state index contributed by atoms with van der Waals surface area (Å²) in [7, 11) is 0. The second kappa shape index (κ2) is 8.89. The molecule has 2 aromatic carbocycles. The first-order chi connectivity index (χ1) is 13.2. The zero-order valence-electron chi connectivity index (χ0n) is 16.2. The smallest absolute Gasteiger partial charge is 0.185 e. The van der Waals surface area contributed by atoms with Crippen molar-refractivity contribution in [1.82, 2.24) is 15.0 Å². The van der Waals surface area contributed by atoms with Crippen molar-refractivity contribution in [1.29, 1.82) is 0 Å². The Kier molecular flexibility index (Phi) is 6.32. The third kappa shape index (κ3) is 4.24. The molecule has 1 heterocycles. The molecular formula is C22H29N3O2. The standard InChI is InChI=1S/C22H29N3O2/c1-3-5-6-7-11-16(10-4-2)17-14-15-20(22(27)21(17)26)25-23-18-12-8-9-13-19(18)24-25/h8-9,12-16,26-27H,3-7,10-11H2,1-2H3. The molecule has 5 heteroatoms. The highest BCUT2D eigenvalue weighted by molar-refractivity contribution is 5.74. The van der Waals surface area contributed by atoms with Crippen molar-refractivity contribution in [3.63, 3.8) is 0 Å². The quantitative estimate of drug-likeness (QED) is 0.377. The van der Waals surface area contributed by atoms with Crippen LogP contribution in [0.25, 0.3) is 16.7 Å². The number of nitrogens with zero attached hydrogens (tertiary/aromatic N) is 3. The second-order valence-electron chi connectivity index (χ2n) is 7.18. The van der Waals surface area contributed by atoms with E-state index in [-0.39, 0.29) is 17.4 Å². The van der Waals surface area contributed by atoms with Gasteiger partial charge in [0, 0.05) is 5.56 Å². The lowest BCUT2D eigenvalue weighted by molar-refractivity contribution is 0.387. The van der Waals surface area contributed by atoms with Crippen LogP contribution in [-0.2, 0) is 0 Å². The SMILES string of the molecule is CCCCCCC(CCC)c1ccc(-n2nc3ccccc3n2)c(O)c1O. The summed E-state index contributed by atoms with van der Waals surface area (Å²) in [5, 5.41) is 30.1. The largest absolute Gasteiger partial charge is 0.504 e. The number of hydrogen-bond donors (Lipinski definition) is 2. The zero-order valence-corrected chi connectivity index (χ0v) is 16.2. The Hall–Kier alpha value is -2.56. The normalized spacial score (nSPS) is 12.5. The lowest BCUT2D eigenvalue weighted by Crippen LogP contribution is -2.03. The summed E-state index contributed by atoms with van der Waals surface area (Å²) in [4.78, 5) is 1.39. The van der Waals surface area contributed by atoms with Crippen molar-refractivity contribution >= 4 is 11.0 Å². The first kappa shape index (κ1) is 19.2. The molecule has 5 nitrogen and oxygen atoms in total. The monoisotopic (exact) mass is 367 g/mol. The fourth-order valence-electron chi connectivity index (χ4n) is 3.66. The molecule has 1 atom stereocenters. The summed E-state index contributed by atoms with van der Waals surface area (Å²) in [5.41, 5.74) is 2.72. The van der Waals surface area contributed by atoms with E-state index in [1.54, 1.807) is 6.07 Å². The molecule has 1 aromatic heterocycles. The lowest BCUT2D eigenvalue weighted by Gasteiger charge is -2.19. The van der Waals surface area contributed by atoms with Gasteiger partial charge in [-0.15, -0.1) is 15.0 Å². The maximum atomic E-state index is 10.7. The van der Waals surface area contributed by atoms with Crippen LogP contribution in [0.15, 0.2) is 36.4 Å². The number of fused-ring (bicyclic) bond motifs is 1. The zero-order chi connectivity index (χ0) is 19.2. The third-order valence-electron chi connectivity index (χ3n) is 5.15. The van der Waals surface area contributed by atoms with Crippen LogP contribution in [0.4, 0.5) is 0 Å². The van der Waals surface area contributed by atoms with Crippen LogP contribution in [0.5, 0.6) is 11.5 Å². The van der Waals surface area contributed by atoms with Gasteiger partial charge in [-0.2, -0.15) is 0 Å². The number of aromatic hydroxyl groups is 2. The van der Waals surface area contributed by atoms with E-state index in [2.05, 4.69) is 24.0 Å². The minimum atomic E-state index is -0.150. The van der Waals surface area contributed by atoms with Gasteiger partial charge in [0.15, 0.2) is 11.5 Å². The predicted molar refractivity (Wildman–Crippen MR) is 109 cm³/mol. The Labute approximate surface area is 160 Å². The van der Waals surface area contributed by atoms with Crippen molar-refractivity contribution in [3.8, 4) is 17.2 Å². The molecule has 0 radical (unpaired) electrons. The van der Waals surface area contributed by atoms with Crippen molar-refractivity contribution in [2.75, 3.05) is 0 Å². The van der Waals surface area contributed by atoms with E-state index < -0.39 is 0 Å². The molecule has 3 aromatic rings. The highest BCUT2D eigenvalue weighted by Crippen LogP contribution is 2.41. The maximum Gasteiger partial charge on any atom is 0.185 e. The number of hydrogen-bond acceptors (Lipinski definition) is 4. The van der Waals surface area contributed by atoms with Crippen LogP contribution in [0.3, 0.4) is 0 Å². The van der Waals surface area contributed by atoms with Crippen LogP contribution in [0.2, 0.25) is 0 Å². The van der Waals surface area contributed by atoms with Gasteiger partial charge in [-0.1, -0.05) is 64.2 Å². The van der Waals surface area contributed by atoms with Gasteiger partial charge in [0.25, 0.3) is 0 Å². The van der Waals surface area contributed by atoms with Crippen LogP contribution in [0, 0.1) is 0 Å². The molecule has 0 aliphatic carbocycles. The van der Waals surface area contributed by atoms with Gasteiger partial charge in [-0.25, -0.2) is 0 Å². The Morgan fingerprint density at radius 1 is 0.815 bits per heavy atom. The van der Waals surface area contributed by atoms with E-state index in [4.69, 9.17) is 0 Å². The molecule has 0 fully saturated rings. The Morgan fingerprint density at radius 3 is 2.15 bits per heavy atom. The second-order valence-corrected chi connectivity index (χ2v) is 7.18. The summed E-state index contributed by atoms with van der Waals surface area (Å²) in [6.45, 7) is 4.36. The number of aromatic nitrogens is 3. The van der Waals surface area contributed by atoms with Crippen molar-refractivity contribution in [2.45, 2.75) is 64.7 Å². The van der Waals surface area contributed by atoms with E-state index in [9.17, 15) is 10.2 Å². The molecule has 0 amide bonds. The number of unbranched alkanes of at least 4 members (excludes halogenated alkanes) is 3. The molecule has 27 heavy (non-hydrogen) atoms. The van der Waals surface area contributed by atoms with Crippen LogP contribution in [0.1, 0.15) is 70.3 Å². The summed E-state index contributed by atoms with van der Waals surface area (Å²) < 4.78 is 0. The van der Waals surface area contributed by atoms with Crippen molar-refractivity contribution < 1.29 is 10.2 Å². The first-order valence-corrected chi connectivity index (χ1v) is 10.0. The van der Waals surface area contributed by atoms with Gasteiger partial charge >= 0.3 is 0 Å². The van der Waals surface area contributed by atoms with E-state index >= 15 is 0 Å². The summed E-state index contributed by atoms with van der Waals surface area (Å²) >= 11 is 0. The van der Waals surface area contributed by atoms with Gasteiger partial charge in [-0.3, -0.25) is 0 Å². The number of benzene rings is 2. The molecule has 0 saturated carbocycles. The molecule has 2 N–H and O–H groups in total. The molecule has 0 aliphatic heterocycles. The highest BCUT2D eigenvalue weighted by atomic mass is 16.3. The van der Waals surface area contributed by atoms with E-state index in [1.807, 2.05) is 30.3 Å². The Morgan fingerprint density at radius 2 is 1.52 bits per heavy atom. The average molecular weight is 367 g/mol. The Bertz CT molecular complexity index is 855. The van der Waals surface area contributed by atoms with Crippen LogP contribution < -0.4 is 0 Å². The van der Waals surface area contributed by atoms with Crippen LogP contribution >= 0.6 is 0 Å². The minimum Gasteiger partial charge on any atom is -0.504 e. The van der Waals surface area contributed by atoms with Crippen molar-refractivity contribution in [2.24, 2.45) is 0 Å². The number of rotatable bonds is 9. The molecule has 0 bridgehead atoms. The predicted octanol–water partition coefficient (Wildman–Crippen LogP) is 5.69. The molecule has 3 rings (SSSR count). The maximum absolute atomic E-state index is 10.7. The number of phenols is 2. The van der Waals surface area contributed by atoms with Gasteiger partial charge in [0.1, 0.15) is 16.7 Å². The molecule has 0 saturated heterocycles. The molecule has 144 valence electrons. The molecule has 0 spiro atoms. The van der Waals surface area contributed by atoms with Gasteiger partial charge < -0.3 is 10.2 Å².